The van der Waals surface area contributed by atoms with Gasteiger partial charge < -0.3 is 5.11 Å². The third kappa shape index (κ3) is 3.88. The highest BCUT2D eigenvalue weighted by Gasteiger charge is 2.59. The van der Waals surface area contributed by atoms with Crippen molar-refractivity contribution in [2.24, 2.45) is 45.8 Å². The molecule has 4 aliphatic rings. The summed E-state index contributed by atoms with van der Waals surface area (Å²) in [5.41, 5.74) is 3.07. The van der Waals surface area contributed by atoms with Crippen LogP contribution in [0.2, 0.25) is 0 Å². The van der Waals surface area contributed by atoms with Crippen LogP contribution >= 0.6 is 0 Å². The fraction of sp³-hybridized carbons (Fsp3) is 0.929. The molecule has 0 amide bonds. The topological polar surface area (TPSA) is 20.2 Å². The van der Waals surface area contributed by atoms with Gasteiger partial charge in [0.25, 0.3) is 0 Å². The van der Waals surface area contributed by atoms with Crippen LogP contribution in [-0.2, 0) is 0 Å². The molecule has 0 radical (unpaired) electrons. The maximum Gasteiger partial charge on any atom is 0.0577 e. The maximum absolute atomic E-state index is 10.2. The standard InChI is InChI=1S/C28H48O/c1-19(8-7-15-26(2,3)4)23-11-12-24-22-10-9-20-18-21(29)13-16-27(20,5)25(22)14-17-28(23,24)6/h9,19,21-25,29H,7-8,10-18H2,1-6H3/t19-,21+,22?,23-,24?,25?,27+,28-/m1/s1. The van der Waals surface area contributed by atoms with Crippen molar-refractivity contribution >= 4 is 0 Å². The van der Waals surface area contributed by atoms with Gasteiger partial charge in [0.15, 0.2) is 0 Å². The van der Waals surface area contributed by atoms with Crippen LogP contribution in [0.3, 0.4) is 0 Å². The Morgan fingerprint density at radius 3 is 2.55 bits per heavy atom. The van der Waals surface area contributed by atoms with Gasteiger partial charge in [-0.15, -0.1) is 0 Å². The lowest BCUT2D eigenvalue weighted by Crippen LogP contribution is -2.50. The molecule has 1 heteroatoms. The van der Waals surface area contributed by atoms with Crippen molar-refractivity contribution in [2.45, 2.75) is 118 Å². The molecule has 0 bridgehead atoms. The van der Waals surface area contributed by atoms with Gasteiger partial charge in [-0.3, -0.25) is 0 Å². The minimum Gasteiger partial charge on any atom is -0.393 e. The summed E-state index contributed by atoms with van der Waals surface area (Å²) in [6.45, 7) is 15.0. The van der Waals surface area contributed by atoms with Crippen molar-refractivity contribution in [3.63, 3.8) is 0 Å². The van der Waals surface area contributed by atoms with E-state index in [2.05, 4.69) is 47.6 Å². The number of hydrogen-bond donors (Lipinski definition) is 1. The van der Waals surface area contributed by atoms with Crippen LogP contribution in [0.1, 0.15) is 112 Å². The smallest absolute Gasteiger partial charge is 0.0577 e. The Hall–Kier alpha value is -0.300. The molecule has 0 aromatic heterocycles. The fourth-order valence-electron chi connectivity index (χ4n) is 8.77. The van der Waals surface area contributed by atoms with Crippen molar-refractivity contribution in [1.82, 2.24) is 0 Å². The molecule has 4 aliphatic carbocycles. The van der Waals surface area contributed by atoms with E-state index in [9.17, 15) is 5.11 Å². The van der Waals surface area contributed by atoms with Crippen molar-refractivity contribution in [1.29, 1.82) is 0 Å². The fourth-order valence-corrected chi connectivity index (χ4v) is 8.77. The molecule has 4 rings (SSSR count). The van der Waals surface area contributed by atoms with Crippen LogP contribution < -0.4 is 0 Å². The second-order valence-electron chi connectivity index (χ2n) is 13.3. The molecule has 0 saturated heterocycles. The Morgan fingerprint density at radius 2 is 1.83 bits per heavy atom. The molecule has 1 N–H and O–H groups in total. The number of aliphatic hydroxyl groups excluding tert-OH is 1. The second-order valence-corrected chi connectivity index (χ2v) is 13.3. The van der Waals surface area contributed by atoms with Gasteiger partial charge in [-0.2, -0.15) is 0 Å². The van der Waals surface area contributed by atoms with E-state index < -0.39 is 0 Å². The van der Waals surface area contributed by atoms with Crippen LogP contribution in [0.15, 0.2) is 11.6 Å². The van der Waals surface area contributed by atoms with E-state index in [1.165, 1.54) is 57.8 Å². The Labute approximate surface area is 181 Å². The van der Waals surface area contributed by atoms with E-state index in [4.69, 9.17) is 0 Å². The summed E-state index contributed by atoms with van der Waals surface area (Å²) in [7, 11) is 0. The van der Waals surface area contributed by atoms with E-state index in [0.29, 0.717) is 16.2 Å². The largest absolute Gasteiger partial charge is 0.393 e. The first-order valence-corrected chi connectivity index (χ1v) is 12.9. The molecule has 3 fully saturated rings. The zero-order valence-electron chi connectivity index (χ0n) is 20.3. The van der Waals surface area contributed by atoms with Crippen molar-refractivity contribution < 1.29 is 5.11 Å². The van der Waals surface area contributed by atoms with Gasteiger partial charge in [-0.1, -0.05) is 66.0 Å². The first-order chi connectivity index (χ1) is 13.5. The zero-order chi connectivity index (χ0) is 21.0. The molecule has 0 spiro atoms. The van der Waals surface area contributed by atoms with Gasteiger partial charge in [0, 0.05) is 0 Å². The molecular formula is C28H48O. The Bertz CT molecular complexity index is 627. The molecule has 1 nitrogen and oxygen atoms in total. The van der Waals surface area contributed by atoms with Gasteiger partial charge in [-0.05, 0) is 104 Å². The molecule has 3 saturated carbocycles. The summed E-state index contributed by atoms with van der Waals surface area (Å²) in [5.74, 6) is 4.56. The highest BCUT2D eigenvalue weighted by atomic mass is 16.3. The van der Waals surface area contributed by atoms with E-state index in [1.54, 1.807) is 5.57 Å². The summed E-state index contributed by atoms with van der Waals surface area (Å²) >= 11 is 0. The van der Waals surface area contributed by atoms with Crippen molar-refractivity contribution in [2.75, 3.05) is 0 Å². The monoisotopic (exact) mass is 400 g/mol. The van der Waals surface area contributed by atoms with Gasteiger partial charge in [0.1, 0.15) is 0 Å². The number of rotatable bonds is 4. The van der Waals surface area contributed by atoms with Crippen molar-refractivity contribution in [3.8, 4) is 0 Å². The Balaban J connectivity index is 1.47. The average molecular weight is 401 g/mol. The van der Waals surface area contributed by atoms with E-state index in [-0.39, 0.29) is 6.10 Å². The van der Waals surface area contributed by atoms with Crippen LogP contribution in [0.5, 0.6) is 0 Å². The normalized spacial score (nSPS) is 45.8. The lowest BCUT2D eigenvalue weighted by Gasteiger charge is -2.58. The number of fused-ring (bicyclic) bond motifs is 5. The minimum absolute atomic E-state index is 0.0791. The lowest BCUT2D eigenvalue weighted by atomic mass is 9.47. The summed E-state index contributed by atoms with van der Waals surface area (Å²) < 4.78 is 0. The quantitative estimate of drug-likeness (QED) is 0.478. The minimum atomic E-state index is -0.0791. The highest BCUT2D eigenvalue weighted by molar-refractivity contribution is 5.25. The molecular weight excluding hydrogens is 352 g/mol. The molecule has 3 unspecified atom stereocenters. The zero-order valence-corrected chi connectivity index (χ0v) is 20.3. The summed E-state index contributed by atoms with van der Waals surface area (Å²) in [5, 5.41) is 10.2. The van der Waals surface area contributed by atoms with Gasteiger partial charge in [-0.25, -0.2) is 0 Å². The summed E-state index contributed by atoms with van der Waals surface area (Å²) in [6.07, 6.45) is 17.1. The molecule has 0 aromatic rings. The average Bonchev–Trinajstić information content (AvgIpc) is 2.98. The molecule has 0 aliphatic heterocycles. The SMILES string of the molecule is C[C@H](CCCC(C)(C)C)[C@H]1CCC2C3CC=C4C[C@@H](O)CC[C@]4(C)C3CC[C@@]21C. The lowest BCUT2D eigenvalue weighted by molar-refractivity contribution is -0.0573. The molecule has 0 heterocycles. The summed E-state index contributed by atoms with van der Waals surface area (Å²) in [6, 6.07) is 0. The van der Waals surface area contributed by atoms with Gasteiger partial charge in [0.05, 0.1) is 6.10 Å². The first-order valence-electron chi connectivity index (χ1n) is 12.9. The van der Waals surface area contributed by atoms with Crippen LogP contribution in [0.25, 0.3) is 0 Å². The highest BCUT2D eigenvalue weighted by Crippen LogP contribution is 2.67. The molecule has 166 valence electrons. The molecule has 8 atom stereocenters. The maximum atomic E-state index is 10.2. The van der Waals surface area contributed by atoms with Crippen LogP contribution in [-0.4, -0.2) is 11.2 Å². The number of aliphatic hydroxyl groups is 1. The predicted molar refractivity (Wildman–Crippen MR) is 124 cm³/mol. The van der Waals surface area contributed by atoms with Gasteiger partial charge >= 0.3 is 0 Å². The number of allylic oxidation sites excluding steroid dienone is 1. The van der Waals surface area contributed by atoms with E-state index in [1.807, 2.05) is 0 Å². The third-order valence-electron chi connectivity index (χ3n) is 10.4. The van der Waals surface area contributed by atoms with Crippen LogP contribution in [0, 0.1) is 45.8 Å². The predicted octanol–water partition coefficient (Wildman–Crippen LogP) is 7.78. The third-order valence-corrected chi connectivity index (χ3v) is 10.4. The van der Waals surface area contributed by atoms with Crippen LogP contribution in [0.4, 0.5) is 0 Å². The first kappa shape index (κ1) is 21.9. The molecule has 0 aromatic carbocycles. The van der Waals surface area contributed by atoms with Gasteiger partial charge in [0.2, 0.25) is 0 Å². The Kier molecular flexibility index (Phi) is 5.81. The molecule has 29 heavy (non-hydrogen) atoms. The summed E-state index contributed by atoms with van der Waals surface area (Å²) in [4.78, 5) is 0. The second kappa shape index (κ2) is 7.68. The Morgan fingerprint density at radius 1 is 1.07 bits per heavy atom. The van der Waals surface area contributed by atoms with Crippen molar-refractivity contribution in [3.05, 3.63) is 11.6 Å². The number of hydrogen-bond acceptors (Lipinski definition) is 1. The van der Waals surface area contributed by atoms with E-state index >= 15 is 0 Å². The van der Waals surface area contributed by atoms with E-state index in [0.717, 1.165) is 42.4 Å².